The summed E-state index contributed by atoms with van der Waals surface area (Å²) >= 11 is 0. The standard InChI is InChI=1S/C23H28N2O3/c1-26-11-10-25-9-8-16-13-22(27-2)23(28-3)14-19(16)21(25)12-17-15-24-20-7-5-4-6-18(17)20/h4-7,13-15,21,24H,8-12H2,1-3H3/t21-/m1/s1. The van der Waals surface area contributed by atoms with Gasteiger partial charge in [-0.05, 0) is 47.7 Å². The third kappa shape index (κ3) is 3.48. The van der Waals surface area contributed by atoms with Crippen molar-refractivity contribution in [1.82, 2.24) is 9.88 Å². The summed E-state index contributed by atoms with van der Waals surface area (Å²) in [6.07, 6.45) is 4.09. The summed E-state index contributed by atoms with van der Waals surface area (Å²) in [4.78, 5) is 5.94. The summed E-state index contributed by atoms with van der Waals surface area (Å²) < 4.78 is 16.5. The van der Waals surface area contributed by atoms with Crippen molar-refractivity contribution in [3.05, 3.63) is 59.3 Å². The smallest absolute Gasteiger partial charge is 0.161 e. The molecule has 148 valence electrons. The highest BCUT2D eigenvalue weighted by molar-refractivity contribution is 5.83. The van der Waals surface area contributed by atoms with E-state index in [9.17, 15) is 0 Å². The molecular weight excluding hydrogens is 352 g/mol. The fourth-order valence-electron chi connectivity index (χ4n) is 4.30. The summed E-state index contributed by atoms with van der Waals surface area (Å²) in [5.41, 5.74) is 5.19. The molecule has 1 aromatic heterocycles. The number of nitrogens with one attached hydrogen (secondary N) is 1. The van der Waals surface area contributed by atoms with Crippen LogP contribution < -0.4 is 9.47 Å². The normalized spacial score (nSPS) is 16.9. The van der Waals surface area contributed by atoms with Crippen molar-refractivity contribution in [1.29, 1.82) is 0 Å². The Morgan fingerprint density at radius 3 is 2.64 bits per heavy atom. The predicted molar refractivity (Wildman–Crippen MR) is 111 cm³/mol. The molecule has 5 heteroatoms. The molecule has 2 aromatic carbocycles. The minimum Gasteiger partial charge on any atom is -0.493 e. The SMILES string of the molecule is COCCN1CCc2cc(OC)c(OC)cc2[C@H]1Cc1c[nH]c2ccccc12. The molecule has 28 heavy (non-hydrogen) atoms. The van der Waals surface area contributed by atoms with Crippen molar-refractivity contribution >= 4 is 10.9 Å². The van der Waals surface area contributed by atoms with Gasteiger partial charge in [0.1, 0.15) is 0 Å². The number of methoxy groups -OCH3 is 3. The molecule has 1 atom stereocenters. The first-order valence-electron chi connectivity index (χ1n) is 9.78. The van der Waals surface area contributed by atoms with Gasteiger partial charge in [0.05, 0.1) is 20.8 Å². The maximum absolute atomic E-state index is 5.60. The fraction of sp³-hybridized carbons (Fsp3) is 0.391. The second kappa shape index (κ2) is 8.25. The maximum Gasteiger partial charge on any atom is 0.161 e. The highest BCUT2D eigenvalue weighted by Crippen LogP contribution is 2.40. The van der Waals surface area contributed by atoms with Crippen molar-refractivity contribution in [2.75, 3.05) is 41.0 Å². The van der Waals surface area contributed by atoms with Crippen molar-refractivity contribution < 1.29 is 14.2 Å². The number of ether oxygens (including phenoxy) is 3. The van der Waals surface area contributed by atoms with E-state index in [1.807, 2.05) is 0 Å². The van der Waals surface area contributed by atoms with E-state index < -0.39 is 0 Å². The number of H-pyrrole nitrogens is 1. The first-order chi connectivity index (χ1) is 13.7. The van der Waals surface area contributed by atoms with Crippen LogP contribution in [0.3, 0.4) is 0 Å². The van der Waals surface area contributed by atoms with Crippen molar-refractivity contribution in [2.24, 2.45) is 0 Å². The van der Waals surface area contributed by atoms with Gasteiger partial charge in [-0.15, -0.1) is 0 Å². The van der Waals surface area contributed by atoms with E-state index in [4.69, 9.17) is 14.2 Å². The van der Waals surface area contributed by atoms with Gasteiger partial charge in [0.25, 0.3) is 0 Å². The molecule has 1 aliphatic heterocycles. The number of aromatic amines is 1. The molecule has 5 nitrogen and oxygen atoms in total. The Hall–Kier alpha value is -2.50. The topological polar surface area (TPSA) is 46.7 Å². The van der Waals surface area contributed by atoms with Gasteiger partial charge in [-0.2, -0.15) is 0 Å². The van der Waals surface area contributed by atoms with Gasteiger partial charge in [0.15, 0.2) is 11.5 Å². The molecule has 0 amide bonds. The molecule has 0 fully saturated rings. The Bertz CT molecular complexity index is 950. The van der Waals surface area contributed by atoms with Crippen LogP contribution in [0.5, 0.6) is 11.5 Å². The van der Waals surface area contributed by atoms with Crippen LogP contribution in [0.2, 0.25) is 0 Å². The zero-order valence-electron chi connectivity index (χ0n) is 16.8. The second-order valence-corrected chi connectivity index (χ2v) is 7.26. The molecule has 0 aliphatic carbocycles. The number of fused-ring (bicyclic) bond motifs is 2. The van der Waals surface area contributed by atoms with Crippen molar-refractivity contribution in [3.63, 3.8) is 0 Å². The van der Waals surface area contributed by atoms with Crippen LogP contribution in [0.15, 0.2) is 42.6 Å². The summed E-state index contributed by atoms with van der Waals surface area (Å²) in [5, 5.41) is 1.29. The predicted octanol–water partition coefficient (Wildman–Crippen LogP) is 3.97. The third-order valence-electron chi connectivity index (χ3n) is 5.78. The van der Waals surface area contributed by atoms with Crippen LogP contribution in [-0.4, -0.2) is 50.9 Å². The maximum atomic E-state index is 5.60. The van der Waals surface area contributed by atoms with E-state index in [2.05, 4.69) is 52.5 Å². The number of hydrogen-bond donors (Lipinski definition) is 1. The zero-order chi connectivity index (χ0) is 19.5. The molecule has 3 aromatic rings. The minimum atomic E-state index is 0.276. The van der Waals surface area contributed by atoms with Crippen LogP contribution in [-0.2, 0) is 17.6 Å². The quantitative estimate of drug-likeness (QED) is 0.674. The van der Waals surface area contributed by atoms with Gasteiger partial charge >= 0.3 is 0 Å². The molecular formula is C23H28N2O3. The fourth-order valence-corrected chi connectivity index (χ4v) is 4.30. The average Bonchev–Trinajstić information content (AvgIpc) is 3.15. The van der Waals surface area contributed by atoms with E-state index in [1.165, 1.54) is 27.6 Å². The van der Waals surface area contributed by atoms with Crippen LogP contribution >= 0.6 is 0 Å². The Labute approximate surface area is 166 Å². The largest absolute Gasteiger partial charge is 0.493 e. The highest BCUT2D eigenvalue weighted by atomic mass is 16.5. The van der Waals surface area contributed by atoms with E-state index in [1.54, 1.807) is 21.3 Å². The molecule has 0 saturated heterocycles. The minimum absolute atomic E-state index is 0.276. The van der Waals surface area contributed by atoms with E-state index in [0.717, 1.165) is 44.0 Å². The monoisotopic (exact) mass is 380 g/mol. The first kappa shape index (κ1) is 18.8. The summed E-state index contributed by atoms with van der Waals surface area (Å²) in [5.74, 6) is 1.59. The summed E-state index contributed by atoms with van der Waals surface area (Å²) in [6, 6.07) is 13.1. The number of rotatable bonds is 7. The second-order valence-electron chi connectivity index (χ2n) is 7.26. The summed E-state index contributed by atoms with van der Waals surface area (Å²) in [7, 11) is 5.16. The lowest BCUT2D eigenvalue weighted by molar-refractivity contribution is 0.113. The van der Waals surface area contributed by atoms with Gasteiger partial charge < -0.3 is 19.2 Å². The first-order valence-corrected chi connectivity index (χ1v) is 9.78. The molecule has 2 heterocycles. The molecule has 1 aliphatic rings. The molecule has 0 spiro atoms. The van der Waals surface area contributed by atoms with Crippen LogP contribution in [0, 0.1) is 0 Å². The van der Waals surface area contributed by atoms with Crippen molar-refractivity contribution in [3.8, 4) is 11.5 Å². The van der Waals surface area contributed by atoms with Gasteiger partial charge in [0.2, 0.25) is 0 Å². The lowest BCUT2D eigenvalue weighted by atomic mass is 9.88. The number of hydrogen-bond acceptors (Lipinski definition) is 4. The van der Waals surface area contributed by atoms with Crippen LogP contribution in [0.25, 0.3) is 10.9 Å². The molecule has 0 bridgehead atoms. The van der Waals surface area contributed by atoms with Gasteiger partial charge in [-0.1, -0.05) is 18.2 Å². The lowest BCUT2D eigenvalue weighted by Gasteiger charge is -2.37. The molecule has 1 N–H and O–H groups in total. The Morgan fingerprint density at radius 1 is 1.07 bits per heavy atom. The average molecular weight is 380 g/mol. The van der Waals surface area contributed by atoms with E-state index in [-0.39, 0.29) is 6.04 Å². The molecule has 0 saturated carbocycles. The molecule has 4 rings (SSSR count). The number of para-hydroxylation sites is 1. The number of benzene rings is 2. The Balaban J connectivity index is 1.74. The Morgan fingerprint density at radius 2 is 1.86 bits per heavy atom. The third-order valence-corrected chi connectivity index (χ3v) is 5.78. The number of nitrogens with zero attached hydrogens (tertiary/aromatic N) is 1. The lowest BCUT2D eigenvalue weighted by Crippen LogP contribution is -2.38. The van der Waals surface area contributed by atoms with Crippen LogP contribution in [0.1, 0.15) is 22.7 Å². The molecule has 0 unspecified atom stereocenters. The van der Waals surface area contributed by atoms with Gasteiger partial charge in [-0.25, -0.2) is 0 Å². The van der Waals surface area contributed by atoms with Crippen molar-refractivity contribution in [2.45, 2.75) is 18.9 Å². The zero-order valence-corrected chi connectivity index (χ0v) is 16.8. The van der Waals surface area contributed by atoms with Gasteiger partial charge in [0, 0.05) is 43.3 Å². The molecule has 0 radical (unpaired) electrons. The summed E-state index contributed by atoms with van der Waals surface area (Å²) in [6.45, 7) is 2.66. The number of aromatic nitrogens is 1. The highest BCUT2D eigenvalue weighted by Gasteiger charge is 2.29. The van der Waals surface area contributed by atoms with E-state index in [0.29, 0.717) is 0 Å². The van der Waals surface area contributed by atoms with Crippen LogP contribution in [0.4, 0.5) is 0 Å². The van der Waals surface area contributed by atoms with Gasteiger partial charge in [-0.3, -0.25) is 4.90 Å². The van der Waals surface area contributed by atoms with E-state index >= 15 is 0 Å². The Kier molecular flexibility index (Phi) is 5.55.